The number of carboxylic acids is 2. The van der Waals surface area contributed by atoms with Crippen LogP contribution in [0.5, 0.6) is 0 Å². The van der Waals surface area contributed by atoms with Gasteiger partial charge in [0.2, 0.25) is 5.91 Å². The molecule has 0 unspecified atom stereocenters. The molecule has 1 aromatic rings. The topological polar surface area (TPSA) is 107 Å². The molecule has 1 fully saturated rings. The second-order valence-corrected chi connectivity index (χ2v) is 6.45. The molecule has 0 saturated carbocycles. The number of aliphatic carboxylic acids is 2. The first-order chi connectivity index (χ1) is 12.2. The molecule has 0 aliphatic carbocycles. The number of nitrogens with one attached hydrogen (secondary N) is 1. The molecule has 0 aromatic heterocycles. The van der Waals surface area contributed by atoms with Gasteiger partial charge in [-0.25, -0.2) is 14.0 Å². The second-order valence-electron chi connectivity index (χ2n) is 6.45. The Morgan fingerprint density at radius 1 is 1.12 bits per heavy atom. The number of likely N-dealkylation sites (tertiary alicyclic amines) is 1. The zero-order valence-electron chi connectivity index (χ0n) is 14.9. The third-order valence-corrected chi connectivity index (χ3v) is 3.89. The van der Waals surface area contributed by atoms with Crippen molar-refractivity contribution in [1.82, 2.24) is 10.2 Å². The van der Waals surface area contributed by atoms with E-state index in [1.165, 1.54) is 12.1 Å². The molecule has 1 aromatic carbocycles. The zero-order chi connectivity index (χ0) is 19.7. The molecule has 26 heavy (non-hydrogen) atoms. The number of hydrogen-bond acceptors (Lipinski definition) is 4. The van der Waals surface area contributed by atoms with Crippen LogP contribution in [-0.4, -0.2) is 52.1 Å². The van der Waals surface area contributed by atoms with Crippen molar-refractivity contribution in [2.24, 2.45) is 5.92 Å². The molecule has 1 saturated heterocycles. The van der Waals surface area contributed by atoms with Crippen molar-refractivity contribution in [3.05, 3.63) is 35.6 Å². The summed E-state index contributed by atoms with van der Waals surface area (Å²) >= 11 is 0. The van der Waals surface area contributed by atoms with E-state index in [0.717, 1.165) is 38.0 Å². The molecule has 0 radical (unpaired) electrons. The third kappa shape index (κ3) is 8.06. The molecule has 1 aliphatic rings. The Balaban J connectivity index is 0.000000487. The minimum absolute atomic E-state index is 0.141. The van der Waals surface area contributed by atoms with Crippen molar-refractivity contribution >= 4 is 17.8 Å². The maximum absolute atomic E-state index is 12.9. The smallest absolute Gasteiger partial charge is 0.414 e. The summed E-state index contributed by atoms with van der Waals surface area (Å²) in [5.74, 6) is -3.52. The van der Waals surface area contributed by atoms with Crippen LogP contribution in [0.4, 0.5) is 4.39 Å². The molecular formula is C18H25FN2O5. The Morgan fingerprint density at radius 2 is 1.62 bits per heavy atom. The monoisotopic (exact) mass is 368 g/mol. The quantitative estimate of drug-likeness (QED) is 0.699. The number of piperidine rings is 1. The van der Waals surface area contributed by atoms with Crippen LogP contribution in [0.2, 0.25) is 0 Å². The van der Waals surface area contributed by atoms with Gasteiger partial charge >= 0.3 is 11.9 Å². The summed E-state index contributed by atoms with van der Waals surface area (Å²) in [5, 5.41) is 17.8. The maximum Gasteiger partial charge on any atom is 0.414 e. The summed E-state index contributed by atoms with van der Waals surface area (Å²) in [5.41, 5.74) is 1.12. The van der Waals surface area contributed by atoms with Gasteiger partial charge in [-0.3, -0.25) is 9.69 Å². The summed E-state index contributed by atoms with van der Waals surface area (Å²) in [6, 6.07) is 6.86. The van der Waals surface area contributed by atoms with Gasteiger partial charge in [-0.15, -0.1) is 0 Å². The molecule has 3 N–H and O–H groups in total. The number of nitrogens with zero attached hydrogens (tertiary/aromatic N) is 1. The molecule has 2 rings (SSSR count). The van der Waals surface area contributed by atoms with Gasteiger partial charge in [0.1, 0.15) is 5.82 Å². The van der Waals surface area contributed by atoms with Crippen LogP contribution < -0.4 is 5.32 Å². The molecule has 1 amide bonds. The van der Waals surface area contributed by atoms with Crippen molar-refractivity contribution < 1.29 is 29.0 Å². The van der Waals surface area contributed by atoms with Crippen LogP contribution in [0.1, 0.15) is 32.3 Å². The Kier molecular flexibility index (Phi) is 8.71. The number of carbonyl (C=O) groups excluding carboxylic acids is 1. The third-order valence-electron chi connectivity index (χ3n) is 3.89. The minimum atomic E-state index is -1.82. The molecule has 8 heteroatoms. The first-order valence-corrected chi connectivity index (χ1v) is 8.42. The average molecular weight is 368 g/mol. The van der Waals surface area contributed by atoms with Crippen molar-refractivity contribution in [3.63, 3.8) is 0 Å². The first kappa shape index (κ1) is 21.6. The SMILES string of the molecule is CC(C)NC(=O)C1CCN(Cc2ccc(F)cc2)CC1.O=C(O)C(=O)O. The normalized spacial score (nSPS) is 15.1. The van der Waals surface area contributed by atoms with Gasteiger partial charge < -0.3 is 15.5 Å². The van der Waals surface area contributed by atoms with Crippen LogP contribution in [0.3, 0.4) is 0 Å². The molecule has 0 atom stereocenters. The van der Waals surface area contributed by atoms with Gasteiger partial charge in [-0.2, -0.15) is 0 Å². The molecule has 1 aliphatic heterocycles. The lowest BCUT2D eigenvalue weighted by Crippen LogP contribution is -2.42. The number of hydrogen-bond donors (Lipinski definition) is 3. The van der Waals surface area contributed by atoms with Gasteiger partial charge in [-0.1, -0.05) is 12.1 Å². The summed E-state index contributed by atoms with van der Waals surface area (Å²) in [6.07, 6.45) is 1.81. The fourth-order valence-corrected chi connectivity index (χ4v) is 2.60. The van der Waals surface area contributed by atoms with E-state index in [1.54, 1.807) is 0 Å². The number of carbonyl (C=O) groups is 3. The van der Waals surface area contributed by atoms with E-state index in [9.17, 15) is 9.18 Å². The van der Waals surface area contributed by atoms with E-state index in [4.69, 9.17) is 19.8 Å². The van der Waals surface area contributed by atoms with Gasteiger partial charge in [0.15, 0.2) is 0 Å². The van der Waals surface area contributed by atoms with E-state index >= 15 is 0 Å². The highest BCUT2D eigenvalue weighted by Crippen LogP contribution is 2.19. The molecule has 0 spiro atoms. The van der Waals surface area contributed by atoms with Crippen molar-refractivity contribution in [2.75, 3.05) is 13.1 Å². The van der Waals surface area contributed by atoms with E-state index in [-0.39, 0.29) is 23.7 Å². The number of amides is 1. The molecular weight excluding hydrogens is 343 g/mol. The standard InChI is InChI=1S/C16H23FN2O.C2H2O4/c1-12(2)18-16(20)14-7-9-19(10-8-14)11-13-3-5-15(17)6-4-13;3-1(4)2(5)6/h3-6,12,14H,7-11H2,1-2H3,(H,18,20);(H,3,4)(H,5,6). The fourth-order valence-electron chi connectivity index (χ4n) is 2.60. The highest BCUT2D eigenvalue weighted by molar-refractivity contribution is 6.27. The van der Waals surface area contributed by atoms with Crippen molar-refractivity contribution in [3.8, 4) is 0 Å². The molecule has 144 valence electrons. The predicted octanol–water partition coefficient (Wildman–Crippen LogP) is 1.72. The van der Waals surface area contributed by atoms with Crippen LogP contribution in [0.25, 0.3) is 0 Å². The highest BCUT2D eigenvalue weighted by atomic mass is 19.1. The first-order valence-electron chi connectivity index (χ1n) is 8.42. The van der Waals surface area contributed by atoms with Gasteiger partial charge in [0.25, 0.3) is 0 Å². The van der Waals surface area contributed by atoms with Gasteiger partial charge in [0.05, 0.1) is 0 Å². The van der Waals surface area contributed by atoms with Crippen LogP contribution in [-0.2, 0) is 20.9 Å². The Labute approximate surface area is 151 Å². The minimum Gasteiger partial charge on any atom is -0.473 e. The van der Waals surface area contributed by atoms with Crippen LogP contribution >= 0.6 is 0 Å². The highest BCUT2D eigenvalue weighted by Gasteiger charge is 2.25. The number of carboxylic acid groups (broad SMARTS) is 2. The molecule has 0 bridgehead atoms. The van der Waals surface area contributed by atoms with E-state index in [1.807, 2.05) is 26.0 Å². The lowest BCUT2D eigenvalue weighted by atomic mass is 9.95. The van der Waals surface area contributed by atoms with Crippen molar-refractivity contribution in [2.45, 2.75) is 39.3 Å². The Hall–Kier alpha value is -2.48. The lowest BCUT2D eigenvalue weighted by Gasteiger charge is -2.31. The van der Waals surface area contributed by atoms with E-state index in [2.05, 4.69) is 10.2 Å². The predicted molar refractivity (Wildman–Crippen MR) is 93.0 cm³/mol. The lowest BCUT2D eigenvalue weighted by molar-refractivity contribution is -0.159. The van der Waals surface area contributed by atoms with Gasteiger partial charge in [-0.05, 0) is 57.5 Å². The van der Waals surface area contributed by atoms with Crippen molar-refractivity contribution in [1.29, 1.82) is 0 Å². The van der Waals surface area contributed by atoms with Crippen LogP contribution in [0, 0.1) is 11.7 Å². The van der Waals surface area contributed by atoms with Gasteiger partial charge in [0, 0.05) is 18.5 Å². The Bertz CT molecular complexity index is 599. The maximum atomic E-state index is 12.9. The molecule has 1 heterocycles. The second kappa shape index (κ2) is 10.5. The summed E-state index contributed by atoms with van der Waals surface area (Å²) in [7, 11) is 0. The number of rotatable bonds is 4. The van der Waals surface area contributed by atoms with Crippen LogP contribution in [0.15, 0.2) is 24.3 Å². The van der Waals surface area contributed by atoms with E-state index in [0.29, 0.717) is 0 Å². The zero-order valence-corrected chi connectivity index (χ0v) is 14.9. The summed E-state index contributed by atoms with van der Waals surface area (Å²) in [6.45, 7) is 6.66. The van der Waals surface area contributed by atoms with E-state index < -0.39 is 11.9 Å². The number of benzene rings is 1. The average Bonchev–Trinajstić information content (AvgIpc) is 2.57. The largest absolute Gasteiger partial charge is 0.473 e. The summed E-state index contributed by atoms with van der Waals surface area (Å²) < 4.78 is 12.9. The Morgan fingerprint density at radius 3 is 2.04 bits per heavy atom. The summed E-state index contributed by atoms with van der Waals surface area (Å²) in [4.78, 5) is 32.5. The molecule has 7 nitrogen and oxygen atoms in total. The number of halogens is 1. The fraction of sp³-hybridized carbons (Fsp3) is 0.500.